The number of hydrogen-bond acceptors (Lipinski definition) is 2. The van der Waals surface area contributed by atoms with Crippen molar-refractivity contribution in [3.05, 3.63) is 0 Å². The summed E-state index contributed by atoms with van der Waals surface area (Å²) in [5.74, 6) is 4.33. The Morgan fingerprint density at radius 1 is 1.15 bits per heavy atom. The van der Waals surface area contributed by atoms with E-state index in [2.05, 4.69) is 41.5 Å². The van der Waals surface area contributed by atoms with Crippen molar-refractivity contribution >= 4 is 11.6 Å². The SMILES string of the molecule is CC[C@H]1C(=O)C2C(CCC3(C)C2CCC3[C@H](C)CCC(C)=O)C(C)(C)C1C. The van der Waals surface area contributed by atoms with Crippen LogP contribution < -0.4 is 0 Å². The maximum atomic E-state index is 13.6. The van der Waals surface area contributed by atoms with Crippen LogP contribution in [0.5, 0.6) is 0 Å². The molecular weight excluding hydrogens is 332 g/mol. The average Bonchev–Trinajstić information content (AvgIpc) is 2.95. The molecule has 0 heterocycles. The fourth-order valence-electron chi connectivity index (χ4n) is 7.88. The van der Waals surface area contributed by atoms with Gasteiger partial charge in [0.15, 0.2) is 0 Å². The van der Waals surface area contributed by atoms with Crippen LogP contribution in [0.1, 0.15) is 93.4 Å². The van der Waals surface area contributed by atoms with Crippen molar-refractivity contribution < 1.29 is 9.59 Å². The number of Topliss-reactive ketones (excluding diaryl/α,β-unsaturated/α-hetero) is 2. The Hall–Kier alpha value is -0.660. The summed E-state index contributed by atoms with van der Waals surface area (Å²) in [6.45, 7) is 16.0. The smallest absolute Gasteiger partial charge is 0.139 e. The Bertz CT molecular complexity index is 591. The highest BCUT2D eigenvalue weighted by atomic mass is 16.1. The average molecular weight is 375 g/mol. The zero-order valence-corrected chi connectivity index (χ0v) is 18.8. The van der Waals surface area contributed by atoms with Gasteiger partial charge in [0.05, 0.1) is 0 Å². The molecule has 0 aromatic rings. The molecule has 0 spiro atoms. The van der Waals surface area contributed by atoms with Gasteiger partial charge in [0.2, 0.25) is 0 Å². The molecule has 0 radical (unpaired) electrons. The molecule has 0 N–H and O–H groups in total. The number of fused-ring (bicyclic) bond motifs is 3. The van der Waals surface area contributed by atoms with Crippen LogP contribution in [0, 0.1) is 52.3 Å². The van der Waals surface area contributed by atoms with Crippen LogP contribution in [0.2, 0.25) is 0 Å². The summed E-state index contributed by atoms with van der Waals surface area (Å²) < 4.78 is 0. The topological polar surface area (TPSA) is 34.1 Å². The van der Waals surface area contributed by atoms with Crippen molar-refractivity contribution in [3.63, 3.8) is 0 Å². The van der Waals surface area contributed by atoms with Gasteiger partial charge in [-0.2, -0.15) is 0 Å². The maximum absolute atomic E-state index is 13.6. The standard InChI is InChI=1S/C25H42O2/c1-8-18-17(4)24(5,6)20-13-14-25(7)19(15(2)9-10-16(3)26)11-12-21(25)22(20)23(18)27/h15,17-22H,8-14H2,1-7H3/t15-,17?,18-,19?,20?,21?,22?,25?/m1/s1. The molecule has 3 rings (SSSR count). The third-order valence-corrected chi connectivity index (χ3v) is 9.85. The molecule has 3 saturated carbocycles. The molecule has 154 valence electrons. The maximum Gasteiger partial charge on any atom is 0.139 e. The van der Waals surface area contributed by atoms with E-state index in [4.69, 9.17) is 0 Å². The van der Waals surface area contributed by atoms with Crippen LogP contribution in [0.3, 0.4) is 0 Å². The van der Waals surface area contributed by atoms with E-state index in [1.54, 1.807) is 6.92 Å². The quantitative estimate of drug-likeness (QED) is 0.564. The van der Waals surface area contributed by atoms with E-state index in [1.807, 2.05) is 0 Å². The second-order valence-corrected chi connectivity index (χ2v) is 11.2. The van der Waals surface area contributed by atoms with Crippen LogP contribution in [-0.2, 0) is 9.59 Å². The van der Waals surface area contributed by atoms with E-state index in [-0.39, 0.29) is 17.3 Å². The molecule has 3 fully saturated rings. The van der Waals surface area contributed by atoms with E-state index >= 15 is 0 Å². The summed E-state index contributed by atoms with van der Waals surface area (Å²) in [6, 6.07) is 0. The van der Waals surface area contributed by atoms with Gasteiger partial charge in [-0.15, -0.1) is 0 Å². The van der Waals surface area contributed by atoms with Crippen molar-refractivity contribution in [1.82, 2.24) is 0 Å². The fourth-order valence-corrected chi connectivity index (χ4v) is 7.88. The highest BCUT2D eigenvalue weighted by molar-refractivity contribution is 5.85. The van der Waals surface area contributed by atoms with Crippen molar-refractivity contribution in [3.8, 4) is 0 Å². The first-order valence-corrected chi connectivity index (χ1v) is 11.6. The van der Waals surface area contributed by atoms with Crippen molar-refractivity contribution in [1.29, 1.82) is 0 Å². The number of carbonyl (C=O) groups excluding carboxylic acids is 2. The Labute approximate surface area is 167 Å². The van der Waals surface area contributed by atoms with E-state index in [0.29, 0.717) is 53.0 Å². The van der Waals surface area contributed by atoms with Crippen molar-refractivity contribution in [2.75, 3.05) is 0 Å². The summed E-state index contributed by atoms with van der Waals surface area (Å²) in [5.41, 5.74) is 0.556. The molecule has 8 atom stereocenters. The van der Waals surface area contributed by atoms with E-state index in [9.17, 15) is 9.59 Å². The van der Waals surface area contributed by atoms with Crippen LogP contribution in [0.25, 0.3) is 0 Å². The summed E-state index contributed by atoms with van der Waals surface area (Å²) in [7, 11) is 0. The Balaban J connectivity index is 1.87. The summed E-state index contributed by atoms with van der Waals surface area (Å²) >= 11 is 0. The summed E-state index contributed by atoms with van der Waals surface area (Å²) in [4.78, 5) is 25.1. The molecule has 2 nitrogen and oxygen atoms in total. The van der Waals surface area contributed by atoms with Crippen LogP contribution in [-0.4, -0.2) is 11.6 Å². The summed E-state index contributed by atoms with van der Waals surface area (Å²) in [6.07, 6.45) is 7.69. The third kappa shape index (κ3) is 3.23. The van der Waals surface area contributed by atoms with Crippen LogP contribution >= 0.6 is 0 Å². The number of ketones is 2. The van der Waals surface area contributed by atoms with Gasteiger partial charge < -0.3 is 4.79 Å². The molecule has 0 saturated heterocycles. The predicted molar refractivity (Wildman–Crippen MR) is 111 cm³/mol. The minimum Gasteiger partial charge on any atom is -0.300 e. The lowest BCUT2D eigenvalue weighted by Gasteiger charge is -2.59. The molecule has 0 aromatic carbocycles. The number of hydrogen-bond donors (Lipinski definition) is 0. The van der Waals surface area contributed by atoms with Crippen molar-refractivity contribution in [2.24, 2.45) is 52.3 Å². The van der Waals surface area contributed by atoms with Gasteiger partial charge in [0.1, 0.15) is 11.6 Å². The van der Waals surface area contributed by atoms with Crippen LogP contribution in [0.15, 0.2) is 0 Å². The Kier molecular flexibility index (Phi) is 5.70. The summed E-state index contributed by atoms with van der Waals surface area (Å²) in [5, 5.41) is 0. The molecular formula is C25H42O2. The second-order valence-electron chi connectivity index (χ2n) is 11.2. The normalized spacial score (nSPS) is 44.5. The van der Waals surface area contributed by atoms with Crippen molar-refractivity contribution in [2.45, 2.75) is 93.4 Å². The van der Waals surface area contributed by atoms with E-state index < -0.39 is 0 Å². The molecule has 0 amide bonds. The Morgan fingerprint density at radius 3 is 2.41 bits per heavy atom. The molecule has 3 aliphatic rings. The van der Waals surface area contributed by atoms with Gasteiger partial charge in [0, 0.05) is 18.3 Å². The van der Waals surface area contributed by atoms with Crippen LogP contribution in [0.4, 0.5) is 0 Å². The first-order valence-electron chi connectivity index (χ1n) is 11.6. The van der Waals surface area contributed by atoms with Gasteiger partial charge in [-0.05, 0) is 85.9 Å². The van der Waals surface area contributed by atoms with E-state index in [0.717, 1.165) is 12.8 Å². The lowest BCUT2D eigenvalue weighted by atomic mass is 9.45. The van der Waals surface area contributed by atoms with Gasteiger partial charge in [-0.3, -0.25) is 4.79 Å². The van der Waals surface area contributed by atoms with Gasteiger partial charge in [-0.25, -0.2) is 0 Å². The molecule has 0 aromatic heterocycles. The molecule has 6 unspecified atom stereocenters. The lowest BCUT2D eigenvalue weighted by molar-refractivity contribution is -0.159. The first-order chi connectivity index (χ1) is 12.6. The zero-order valence-electron chi connectivity index (χ0n) is 18.8. The lowest BCUT2D eigenvalue weighted by Crippen LogP contribution is -2.57. The first kappa shape index (κ1) is 21.1. The van der Waals surface area contributed by atoms with Gasteiger partial charge in [0.25, 0.3) is 0 Å². The molecule has 0 bridgehead atoms. The molecule has 3 aliphatic carbocycles. The zero-order chi connectivity index (χ0) is 20.1. The van der Waals surface area contributed by atoms with Gasteiger partial charge in [-0.1, -0.05) is 41.5 Å². The number of carbonyl (C=O) groups is 2. The predicted octanol–water partition coefficient (Wildman–Crippen LogP) is 6.32. The van der Waals surface area contributed by atoms with E-state index in [1.165, 1.54) is 25.7 Å². The largest absolute Gasteiger partial charge is 0.300 e. The molecule has 2 heteroatoms. The highest BCUT2D eigenvalue weighted by Gasteiger charge is 2.62. The minimum absolute atomic E-state index is 0.248. The fraction of sp³-hybridized carbons (Fsp3) is 0.920. The van der Waals surface area contributed by atoms with Gasteiger partial charge >= 0.3 is 0 Å². The molecule has 27 heavy (non-hydrogen) atoms. The highest BCUT2D eigenvalue weighted by Crippen LogP contribution is 2.66. The Morgan fingerprint density at radius 2 is 1.81 bits per heavy atom. The number of rotatable bonds is 5. The second kappa shape index (κ2) is 7.30. The molecule has 0 aliphatic heterocycles. The minimum atomic E-state index is 0.248. The monoisotopic (exact) mass is 374 g/mol. The third-order valence-electron chi connectivity index (χ3n) is 9.85.